The van der Waals surface area contributed by atoms with E-state index >= 15 is 0 Å². The fraction of sp³-hybridized carbons (Fsp3) is 0.364. The molecule has 3 aromatic carbocycles. The van der Waals surface area contributed by atoms with Crippen LogP contribution in [-0.2, 0) is 44.0 Å². The molecule has 4 aromatic rings. The van der Waals surface area contributed by atoms with Crippen LogP contribution >= 0.6 is 11.8 Å². The standard InChI is InChI=1S/C33H37N5O6S/c1-20-29(19-45-33-35-36-37-38(33)4)43-32(44-30(20)25-11-9-23(18-39)10-12-25)26-15-13-24(14-16-26)28-8-6-5-7-27(28)17-34-31(41)21(2)42-22(3)40/h5-16,20-21,29-30,32,39H,17-19H2,1-4H3,(H,34,41)/t20-,21-,29+,30+,32+/m0/s1. The highest BCUT2D eigenvalue weighted by atomic mass is 32.2. The molecule has 0 unspecified atom stereocenters. The third-order valence-electron chi connectivity index (χ3n) is 7.76. The minimum Gasteiger partial charge on any atom is -0.453 e. The van der Waals surface area contributed by atoms with Crippen molar-refractivity contribution in [3.8, 4) is 11.1 Å². The Morgan fingerprint density at radius 2 is 1.76 bits per heavy atom. The van der Waals surface area contributed by atoms with Gasteiger partial charge in [0.25, 0.3) is 5.91 Å². The van der Waals surface area contributed by atoms with Crippen LogP contribution < -0.4 is 5.32 Å². The summed E-state index contributed by atoms with van der Waals surface area (Å²) in [5.74, 6) is -0.203. The molecule has 1 aliphatic heterocycles. The van der Waals surface area contributed by atoms with Crippen LogP contribution in [0.15, 0.2) is 78.0 Å². The van der Waals surface area contributed by atoms with Crippen LogP contribution in [0, 0.1) is 5.92 Å². The van der Waals surface area contributed by atoms with E-state index in [0.717, 1.165) is 33.4 Å². The molecule has 5 rings (SSSR count). The number of carbonyl (C=O) groups excluding carboxylic acids is 2. The number of aliphatic hydroxyl groups excluding tert-OH is 1. The molecule has 5 atom stereocenters. The molecule has 1 saturated heterocycles. The van der Waals surface area contributed by atoms with Crippen LogP contribution in [0.25, 0.3) is 11.1 Å². The van der Waals surface area contributed by atoms with Crippen molar-refractivity contribution in [3.05, 3.63) is 95.1 Å². The van der Waals surface area contributed by atoms with Gasteiger partial charge in [0, 0.05) is 37.8 Å². The zero-order valence-electron chi connectivity index (χ0n) is 25.6. The summed E-state index contributed by atoms with van der Waals surface area (Å²) >= 11 is 1.54. The third-order valence-corrected chi connectivity index (χ3v) is 8.86. The Morgan fingerprint density at radius 3 is 2.42 bits per heavy atom. The highest BCUT2D eigenvalue weighted by Crippen LogP contribution is 2.43. The van der Waals surface area contributed by atoms with Gasteiger partial charge < -0.3 is 24.6 Å². The number of aliphatic hydroxyl groups is 1. The topological polar surface area (TPSA) is 138 Å². The number of nitrogens with zero attached hydrogens (tertiary/aromatic N) is 4. The molecule has 1 aliphatic rings. The maximum absolute atomic E-state index is 12.4. The highest BCUT2D eigenvalue weighted by Gasteiger charge is 2.38. The lowest BCUT2D eigenvalue weighted by molar-refractivity contribution is -0.268. The Hall–Kier alpha value is -4.10. The smallest absolute Gasteiger partial charge is 0.303 e. The first-order valence-corrected chi connectivity index (χ1v) is 15.7. The lowest BCUT2D eigenvalue weighted by Gasteiger charge is -2.41. The Balaban J connectivity index is 1.34. The van der Waals surface area contributed by atoms with Crippen LogP contribution in [0.5, 0.6) is 0 Å². The fourth-order valence-electron chi connectivity index (χ4n) is 5.21. The zero-order valence-corrected chi connectivity index (χ0v) is 26.4. The molecule has 12 heteroatoms. The molecule has 0 saturated carbocycles. The molecule has 2 N–H and O–H groups in total. The number of amides is 1. The van der Waals surface area contributed by atoms with Crippen molar-refractivity contribution >= 4 is 23.6 Å². The van der Waals surface area contributed by atoms with Crippen LogP contribution in [-0.4, -0.2) is 55.2 Å². The van der Waals surface area contributed by atoms with E-state index in [4.69, 9.17) is 14.2 Å². The molecule has 1 fully saturated rings. The van der Waals surface area contributed by atoms with Gasteiger partial charge in [-0.3, -0.25) is 9.59 Å². The van der Waals surface area contributed by atoms with E-state index < -0.39 is 18.4 Å². The average Bonchev–Trinajstić information content (AvgIpc) is 3.47. The van der Waals surface area contributed by atoms with E-state index in [1.54, 1.807) is 11.6 Å². The first-order valence-electron chi connectivity index (χ1n) is 14.7. The minimum absolute atomic E-state index is 0.0205. The van der Waals surface area contributed by atoms with Crippen molar-refractivity contribution in [1.82, 2.24) is 25.5 Å². The molecule has 0 radical (unpaired) electrons. The summed E-state index contributed by atoms with van der Waals surface area (Å²) < 4.78 is 19.8. The van der Waals surface area contributed by atoms with E-state index in [-0.39, 0.29) is 37.2 Å². The summed E-state index contributed by atoms with van der Waals surface area (Å²) in [5.41, 5.74) is 5.59. The molecule has 0 aliphatic carbocycles. The van der Waals surface area contributed by atoms with Gasteiger partial charge in [-0.15, -0.1) is 5.10 Å². The second-order valence-electron chi connectivity index (χ2n) is 11.0. The number of tetrazole rings is 1. The van der Waals surface area contributed by atoms with Gasteiger partial charge >= 0.3 is 5.97 Å². The molecule has 0 spiro atoms. The van der Waals surface area contributed by atoms with Crippen molar-refractivity contribution in [3.63, 3.8) is 0 Å². The maximum Gasteiger partial charge on any atom is 0.303 e. The Labute approximate surface area is 266 Å². The third kappa shape index (κ3) is 7.95. The van der Waals surface area contributed by atoms with Crippen molar-refractivity contribution in [1.29, 1.82) is 0 Å². The molecule has 1 amide bonds. The molecule has 1 aromatic heterocycles. The second-order valence-corrected chi connectivity index (χ2v) is 12.0. The number of nitrogens with one attached hydrogen (secondary N) is 1. The largest absolute Gasteiger partial charge is 0.453 e. The highest BCUT2D eigenvalue weighted by molar-refractivity contribution is 7.99. The number of aromatic nitrogens is 4. The normalized spacial score (nSPS) is 20.4. The molecular formula is C33H37N5O6S. The van der Waals surface area contributed by atoms with Crippen molar-refractivity contribution in [2.24, 2.45) is 13.0 Å². The quantitative estimate of drug-likeness (QED) is 0.180. The SMILES string of the molecule is CC(=O)O[C@@H](C)C(=O)NCc1ccccc1-c1ccc([C@@H]2O[C@H](CSc3nnnn3C)[C@H](C)[C@H](c3ccc(CO)cc3)O2)cc1. The van der Waals surface area contributed by atoms with Gasteiger partial charge in [0.15, 0.2) is 12.4 Å². The van der Waals surface area contributed by atoms with Crippen LogP contribution in [0.2, 0.25) is 0 Å². The van der Waals surface area contributed by atoms with Crippen molar-refractivity contribution in [2.75, 3.05) is 5.75 Å². The van der Waals surface area contributed by atoms with Gasteiger partial charge in [0.1, 0.15) is 0 Å². The number of aryl methyl sites for hydroxylation is 1. The molecule has 236 valence electrons. The van der Waals surface area contributed by atoms with Gasteiger partial charge in [0.2, 0.25) is 5.16 Å². The average molecular weight is 632 g/mol. The predicted octanol–water partition coefficient (Wildman–Crippen LogP) is 4.52. The summed E-state index contributed by atoms with van der Waals surface area (Å²) in [7, 11) is 1.81. The second kappa shape index (κ2) is 14.8. The number of rotatable bonds is 11. The van der Waals surface area contributed by atoms with Gasteiger partial charge in [-0.1, -0.05) is 91.5 Å². The number of thioether (sulfide) groups is 1. The fourth-order valence-corrected chi connectivity index (χ4v) is 6.23. The Bertz CT molecular complexity index is 1600. The molecular weight excluding hydrogens is 594 g/mol. The number of benzene rings is 3. The van der Waals surface area contributed by atoms with Gasteiger partial charge in [-0.25, -0.2) is 4.68 Å². The van der Waals surface area contributed by atoms with Gasteiger partial charge in [-0.2, -0.15) is 0 Å². The Kier molecular flexibility index (Phi) is 10.6. The minimum atomic E-state index is -0.872. The summed E-state index contributed by atoms with van der Waals surface area (Å²) in [5, 5.41) is 24.9. The number of hydrogen-bond acceptors (Lipinski definition) is 10. The monoisotopic (exact) mass is 631 g/mol. The van der Waals surface area contributed by atoms with Crippen LogP contribution in [0.1, 0.15) is 55.4 Å². The van der Waals surface area contributed by atoms with E-state index in [1.165, 1.54) is 18.7 Å². The molecule has 2 heterocycles. The van der Waals surface area contributed by atoms with E-state index in [1.807, 2.05) is 79.8 Å². The number of hydrogen-bond donors (Lipinski definition) is 2. The lowest BCUT2D eigenvalue weighted by atomic mass is 9.91. The summed E-state index contributed by atoms with van der Waals surface area (Å²) in [4.78, 5) is 23.6. The molecule has 11 nitrogen and oxygen atoms in total. The van der Waals surface area contributed by atoms with E-state index in [0.29, 0.717) is 10.9 Å². The maximum atomic E-state index is 12.4. The lowest BCUT2D eigenvalue weighted by Crippen LogP contribution is -2.38. The zero-order chi connectivity index (χ0) is 31.9. The first-order chi connectivity index (χ1) is 21.7. The van der Waals surface area contributed by atoms with Crippen LogP contribution in [0.4, 0.5) is 0 Å². The number of ether oxygens (including phenoxy) is 3. The van der Waals surface area contributed by atoms with Gasteiger partial charge in [0.05, 0.1) is 18.8 Å². The molecule has 45 heavy (non-hydrogen) atoms. The van der Waals surface area contributed by atoms with E-state index in [9.17, 15) is 14.7 Å². The Morgan fingerprint density at radius 1 is 1.04 bits per heavy atom. The summed E-state index contributed by atoms with van der Waals surface area (Å²) in [6, 6.07) is 23.7. The predicted molar refractivity (Wildman–Crippen MR) is 167 cm³/mol. The van der Waals surface area contributed by atoms with Crippen LogP contribution in [0.3, 0.4) is 0 Å². The van der Waals surface area contributed by atoms with Crippen molar-refractivity contribution in [2.45, 2.75) is 63.7 Å². The number of esters is 1. The van der Waals surface area contributed by atoms with Crippen molar-refractivity contribution < 1.29 is 28.9 Å². The first kappa shape index (κ1) is 32.3. The van der Waals surface area contributed by atoms with E-state index in [2.05, 4.69) is 27.8 Å². The number of carbonyl (C=O) groups is 2. The van der Waals surface area contributed by atoms with Gasteiger partial charge in [-0.05, 0) is 45.2 Å². The molecule has 0 bridgehead atoms. The summed E-state index contributed by atoms with van der Waals surface area (Å²) in [6.45, 7) is 5.20. The summed E-state index contributed by atoms with van der Waals surface area (Å²) in [6.07, 6.45) is -1.88.